The Labute approximate surface area is 155 Å². The molecule has 0 spiro atoms. The normalized spacial score (nSPS) is 16.8. The number of rotatable bonds is 4. The maximum Gasteiger partial charge on any atom is 0.313 e. The Balaban J connectivity index is 1.59. The third kappa shape index (κ3) is 4.14. The van der Waals surface area contributed by atoms with Gasteiger partial charge in [0.25, 0.3) is 5.91 Å². The maximum absolute atomic E-state index is 13.6. The van der Waals surface area contributed by atoms with Gasteiger partial charge in [-0.2, -0.15) is 0 Å². The number of benzene rings is 2. The molecule has 0 saturated heterocycles. The van der Waals surface area contributed by atoms with Crippen molar-refractivity contribution in [3.63, 3.8) is 0 Å². The van der Waals surface area contributed by atoms with Crippen LogP contribution in [-0.2, 0) is 20.7 Å². The first-order chi connectivity index (χ1) is 12.4. The van der Waals surface area contributed by atoms with E-state index >= 15 is 0 Å². The zero-order valence-corrected chi connectivity index (χ0v) is 14.8. The lowest BCUT2D eigenvalue weighted by Gasteiger charge is -2.25. The van der Waals surface area contributed by atoms with Crippen molar-refractivity contribution in [2.75, 3.05) is 11.9 Å². The van der Waals surface area contributed by atoms with Crippen molar-refractivity contribution in [1.82, 2.24) is 0 Å². The van der Waals surface area contributed by atoms with Gasteiger partial charge in [0.2, 0.25) is 0 Å². The topological polar surface area (TPSA) is 64.6 Å². The quantitative estimate of drug-likeness (QED) is 0.827. The van der Waals surface area contributed by atoms with Gasteiger partial charge < -0.3 is 14.8 Å². The average Bonchev–Trinajstić information content (AvgIpc) is 2.62. The van der Waals surface area contributed by atoms with Gasteiger partial charge in [0, 0.05) is 5.02 Å². The summed E-state index contributed by atoms with van der Waals surface area (Å²) in [7, 11) is 0. The second-order valence-corrected chi connectivity index (χ2v) is 6.45. The summed E-state index contributed by atoms with van der Waals surface area (Å²) in [5.74, 6) is -1.57. The minimum atomic E-state index is -1.07. The number of nitrogens with one attached hydrogen (secondary N) is 1. The second-order valence-electron chi connectivity index (χ2n) is 6.01. The molecular formula is C19H17ClFNO4. The van der Waals surface area contributed by atoms with Crippen LogP contribution in [0.25, 0.3) is 0 Å². The predicted molar refractivity (Wildman–Crippen MR) is 94.7 cm³/mol. The van der Waals surface area contributed by atoms with Crippen molar-refractivity contribution >= 4 is 29.2 Å². The molecule has 1 N–H and O–H groups in total. The highest BCUT2D eigenvalue weighted by Gasteiger charge is 2.30. The van der Waals surface area contributed by atoms with Crippen LogP contribution in [0.4, 0.5) is 10.1 Å². The molecule has 0 aliphatic carbocycles. The summed E-state index contributed by atoms with van der Waals surface area (Å²) in [5, 5.41) is 2.96. The minimum Gasteiger partial charge on any atom is -0.492 e. The Kier molecular flexibility index (Phi) is 5.42. The Morgan fingerprint density at radius 2 is 2.08 bits per heavy atom. The van der Waals surface area contributed by atoms with E-state index in [0.29, 0.717) is 17.2 Å². The minimum absolute atomic E-state index is 0.0324. The SMILES string of the molecule is C[C@@H](OC(=O)[C@@H]1COc2ccc(Cl)cc2C1)C(=O)Nc1ccccc1F. The lowest BCUT2D eigenvalue weighted by atomic mass is 9.97. The van der Waals surface area contributed by atoms with Crippen molar-refractivity contribution in [2.45, 2.75) is 19.4 Å². The Hall–Kier alpha value is -2.60. The fourth-order valence-electron chi connectivity index (χ4n) is 2.64. The Bertz CT molecular complexity index is 842. The fraction of sp³-hybridized carbons (Fsp3) is 0.263. The molecule has 0 fully saturated rings. The standard InChI is InChI=1S/C19H17ClFNO4/c1-11(18(23)22-16-5-3-2-4-15(16)21)26-19(24)13-8-12-9-14(20)6-7-17(12)25-10-13/h2-7,9,11,13H,8,10H2,1H3,(H,22,23)/t11-,13+/m1/s1. The molecule has 0 bridgehead atoms. The van der Waals surface area contributed by atoms with Crippen molar-refractivity contribution in [1.29, 1.82) is 0 Å². The highest BCUT2D eigenvalue weighted by atomic mass is 35.5. The molecule has 0 saturated carbocycles. The molecule has 1 heterocycles. The van der Waals surface area contributed by atoms with Crippen LogP contribution < -0.4 is 10.1 Å². The first-order valence-corrected chi connectivity index (χ1v) is 8.49. The molecule has 2 aromatic rings. The molecule has 1 amide bonds. The van der Waals surface area contributed by atoms with Gasteiger partial charge >= 0.3 is 5.97 Å². The van der Waals surface area contributed by atoms with Gasteiger partial charge in [-0.05, 0) is 49.2 Å². The highest BCUT2D eigenvalue weighted by molar-refractivity contribution is 6.30. The Morgan fingerprint density at radius 1 is 1.31 bits per heavy atom. The number of halogens is 2. The molecule has 2 atom stereocenters. The maximum atomic E-state index is 13.6. The average molecular weight is 378 g/mol. The number of carbonyl (C=O) groups excluding carboxylic acids is 2. The van der Waals surface area contributed by atoms with E-state index in [0.717, 1.165) is 5.56 Å². The number of para-hydroxylation sites is 1. The van der Waals surface area contributed by atoms with Gasteiger partial charge in [-0.3, -0.25) is 9.59 Å². The van der Waals surface area contributed by atoms with Crippen LogP contribution in [0.2, 0.25) is 5.02 Å². The van der Waals surface area contributed by atoms with E-state index in [1.165, 1.54) is 25.1 Å². The number of carbonyl (C=O) groups is 2. The number of anilines is 1. The van der Waals surface area contributed by atoms with Gasteiger partial charge in [0.15, 0.2) is 6.10 Å². The molecule has 2 aromatic carbocycles. The zero-order chi connectivity index (χ0) is 18.7. The zero-order valence-electron chi connectivity index (χ0n) is 14.0. The molecule has 0 unspecified atom stereocenters. The van der Waals surface area contributed by atoms with Crippen molar-refractivity contribution in [2.24, 2.45) is 5.92 Å². The third-order valence-electron chi connectivity index (χ3n) is 4.06. The molecule has 0 aromatic heterocycles. The molecular weight excluding hydrogens is 361 g/mol. The first kappa shape index (κ1) is 18.2. The molecule has 1 aliphatic heterocycles. The fourth-order valence-corrected chi connectivity index (χ4v) is 2.83. The molecule has 136 valence electrons. The number of amides is 1. The van der Waals surface area contributed by atoms with Gasteiger partial charge in [0.05, 0.1) is 11.6 Å². The molecule has 3 rings (SSSR count). The third-order valence-corrected chi connectivity index (χ3v) is 4.29. The lowest BCUT2D eigenvalue weighted by Crippen LogP contribution is -2.36. The number of esters is 1. The number of hydrogen-bond donors (Lipinski definition) is 1. The van der Waals surface area contributed by atoms with Gasteiger partial charge in [-0.25, -0.2) is 4.39 Å². The van der Waals surface area contributed by atoms with Gasteiger partial charge in [0.1, 0.15) is 18.2 Å². The van der Waals surface area contributed by atoms with Crippen LogP contribution in [0, 0.1) is 11.7 Å². The smallest absolute Gasteiger partial charge is 0.313 e. The van der Waals surface area contributed by atoms with E-state index in [1.54, 1.807) is 24.3 Å². The monoisotopic (exact) mass is 377 g/mol. The number of hydrogen-bond acceptors (Lipinski definition) is 4. The largest absolute Gasteiger partial charge is 0.492 e. The number of fused-ring (bicyclic) bond motifs is 1. The summed E-state index contributed by atoms with van der Waals surface area (Å²) < 4.78 is 24.4. The van der Waals surface area contributed by atoms with Crippen molar-refractivity contribution in [3.05, 3.63) is 58.9 Å². The first-order valence-electron chi connectivity index (χ1n) is 8.11. The summed E-state index contributed by atoms with van der Waals surface area (Å²) in [6.07, 6.45) is -0.654. The summed E-state index contributed by atoms with van der Waals surface area (Å²) >= 11 is 5.96. The molecule has 26 heavy (non-hydrogen) atoms. The van der Waals surface area contributed by atoms with Gasteiger partial charge in [-0.15, -0.1) is 0 Å². The van der Waals surface area contributed by atoms with Crippen LogP contribution in [0.1, 0.15) is 12.5 Å². The van der Waals surface area contributed by atoms with Crippen molar-refractivity contribution in [3.8, 4) is 5.75 Å². The molecule has 0 radical (unpaired) electrons. The summed E-state index contributed by atoms with van der Waals surface area (Å²) in [5.41, 5.74) is 0.846. The Morgan fingerprint density at radius 3 is 2.85 bits per heavy atom. The predicted octanol–water partition coefficient (Wildman–Crippen LogP) is 3.60. The van der Waals surface area contributed by atoms with Gasteiger partial charge in [-0.1, -0.05) is 23.7 Å². The molecule has 5 nitrogen and oxygen atoms in total. The highest BCUT2D eigenvalue weighted by Crippen LogP contribution is 2.30. The van der Waals surface area contributed by atoms with Crippen LogP contribution in [0.3, 0.4) is 0 Å². The second kappa shape index (κ2) is 7.74. The van der Waals surface area contributed by atoms with Crippen LogP contribution in [-0.4, -0.2) is 24.6 Å². The van der Waals surface area contributed by atoms with Crippen molar-refractivity contribution < 1.29 is 23.5 Å². The molecule has 7 heteroatoms. The van der Waals surface area contributed by atoms with E-state index in [9.17, 15) is 14.0 Å². The van der Waals surface area contributed by atoms with E-state index < -0.39 is 29.7 Å². The van der Waals surface area contributed by atoms with Crippen LogP contribution in [0.5, 0.6) is 5.75 Å². The van der Waals surface area contributed by atoms with E-state index in [-0.39, 0.29) is 12.3 Å². The molecule has 1 aliphatic rings. The van der Waals surface area contributed by atoms with E-state index in [1.807, 2.05) is 0 Å². The van der Waals surface area contributed by atoms with E-state index in [4.69, 9.17) is 21.1 Å². The van der Waals surface area contributed by atoms with Crippen LogP contribution in [0.15, 0.2) is 42.5 Å². The lowest BCUT2D eigenvalue weighted by molar-refractivity contribution is -0.158. The van der Waals surface area contributed by atoms with Crippen LogP contribution >= 0.6 is 11.6 Å². The summed E-state index contributed by atoms with van der Waals surface area (Å²) in [6, 6.07) is 11.0. The summed E-state index contributed by atoms with van der Waals surface area (Å²) in [6.45, 7) is 1.59. The number of ether oxygens (including phenoxy) is 2. The summed E-state index contributed by atoms with van der Waals surface area (Å²) in [4.78, 5) is 24.5. The van der Waals surface area contributed by atoms with E-state index in [2.05, 4.69) is 5.32 Å².